The summed E-state index contributed by atoms with van der Waals surface area (Å²) in [6.07, 6.45) is 4.07. The first-order chi connectivity index (χ1) is 6.29. The Morgan fingerprint density at radius 1 is 1.46 bits per heavy atom. The smallest absolute Gasteiger partial charge is 0.0512 e. The Morgan fingerprint density at radius 2 is 2.15 bits per heavy atom. The van der Waals surface area contributed by atoms with Gasteiger partial charge in [0.05, 0.1) is 6.10 Å². The SMILES string of the molecule is CC(O)CCCNC1CCOCC1. The Labute approximate surface area is 80.5 Å². The normalized spacial score (nSPS) is 21.7. The minimum absolute atomic E-state index is 0.156. The van der Waals surface area contributed by atoms with Crippen molar-refractivity contribution in [2.45, 2.75) is 44.8 Å². The van der Waals surface area contributed by atoms with E-state index in [1.165, 1.54) is 0 Å². The Hall–Kier alpha value is -0.120. The van der Waals surface area contributed by atoms with Crippen molar-refractivity contribution in [2.75, 3.05) is 19.8 Å². The van der Waals surface area contributed by atoms with Crippen LogP contribution in [-0.4, -0.2) is 37.0 Å². The largest absolute Gasteiger partial charge is 0.393 e. The number of hydrogen-bond donors (Lipinski definition) is 2. The average Bonchev–Trinajstić information content (AvgIpc) is 2.14. The van der Waals surface area contributed by atoms with Crippen LogP contribution in [0.2, 0.25) is 0 Å². The molecule has 13 heavy (non-hydrogen) atoms. The van der Waals surface area contributed by atoms with E-state index < -0.39 is 0 Å². The molecule has 1 saturated heterocycles. The molecule has 1 atom stereocenters. The Balaban J connectivity index is 1.92. The van der Waals surface area contributed by atoms with Gasteiger partial charge in [-0.05, 0) is 39.2 Å². The number of hydrogen-bond acceptors (Lipinski definition) is 3. The summed E-state index contributed by atoms with van der Waals surface area (Å²) >= 11 is 0. The highest BCUT2D eigenvalue weighted by Crippen LogP contribution is 2.06. The molecule has 78 valence electrons. The molecule has 3 heteroatoms. The molecule has 0 saturated carbocycles. The molecular weight excluding hydrogens is 166 g/mol. The van der Waals surface area contributed by atoms with E-state index >= 15 is 0 Å². The Morgan fingerprint density at radius 3 is 2.77 bits per heavy atom. The van der Waals surface area contributed by atoms with Crippen molar-refractivity contribution < 1.29 is 9.84 Å². The van der Waals surface area contributed by atoms with E-state index in [1.807, 2.05) is 6.92 Å². The standard InChI is InChI=1S/C10H21NO2/c1-9(12)3-2-6-11-10-4-7-13-8-5-10/h9-12H,2-8H2,1H3. The molecule has 1 aliphatic heterocycles. The number of aliphatic hydroxyl groups is 1. The molecule has 2 N–H and O–H groups in total. The van der Waals surface area contributed by atoms with E-state index in [4.69, 9.17) is 9.84 Å². The molecule has 1 rings (SSSR count). The molecule has 0 amide bonds. The number of nitrogens with one attached hydrogen (secondary N) is 1. The van der Waals surface area contributed by atoms with Gasteiger partial charge in [-0.2, -0.15) is 0 Å². The van der Waals surface area contributed by atoms with E-state index in [1.54, 1.807) is 0 Å². The molecule has 3 nitrogen and oxygen atoms in total. The Kier molecular flexibility index (Phi) is 5.35. The lowest BCUT2D eigenvalue weighted by atomic mass is 10.1. The lowest BCUT2D eigenvalue weighted by Gasteiger charge is -2.23. The van der Waals surface area contributed by atoms with E-state index in [9.17, 15) is 0 Å². The van der Waals surface area contributed by atoms with Crippen LogP contribution in [0, 0.1) is 0 Å². The fraction of sp³-hybridized carbons (Fsp3) is 1.00. The molecule has 1 aliphatic rings. The third-order valence-corrected chi connectivity index (χ3v) is 2.45. The quantitative estimate of drug-likeness (QED) is 0.629. The van der Waals surface area contributed by atoms with Crippen LogP contribution in [0.3, 0.4) is 0 Å². The Bertz CT molecular complexity index is 122. The predicted molar refractivity (Wildman–Crippen MR) is 52.8 cm³/mol. The maximum absolute atomic E-state index is 9.04. The molecule has 0 aromatic carbocycles. The van der Waals surface area contributed by atoms with E-state index in [2.05, 4.69) is 5.32 Å². The molecule has 0 aromatic heterocycles. The molecule has 1 unspecified atom stereocenters. The third-order valence-electron chi connectivity index (χ3n) is 2.45. The summed E-state index contributed by atoms with van der Waals surface area (Å²) < 4.78 is 5.26. The second-order valence-corrected chi connectivity index (χ2v) is 3.83. The van der Waals surface area contributed by atoms with Gasteiger partial charge in [0, 0.05) is 19.3 Å². The fourth-order valence-corrected chi connectivity index (χ4v) is 1.61. The minimum Gasteiger partial charge on any atom is -0.393 e. The van der Waals surface area contributed by atoms with Gasteiger partial charge in [0.2, 0.25) is 0 Å². The van der Waals surface area contributed by atoms with Gasteiger partial charge in [-0.1, -0.05) is 0 Å². The minimum atomic E-state index is -0.156. The van der Waals surface area contributed by atoms with Crippen molar-refractivity contribution in [1.82, 2.24) is 5.32 Å². The number of rotatable bonds is 5. The second-order valence-electron chi connectivity index (χ2n) is 3.83. The van der Waals surface area contributed by atoms with Crippen LogP contribution in [0.1, 0.15) is 32.6 Å². The number of aliphatic hydroxyl groups excluding tert-OH is 1. The first-order valence-electron chi connectivity index (χ1n) is 5.28. The van der Waals surface area contributed by atoms with E-state index in [0.29, 0.717) is 6.04 Å². The van der Waals surface area contributed by atoms with E-state index in [0.717, 1.165) is 45.4 Å². The van der Waals surface area contributed by atoms with Gasteiger partial charge in [-0.3, -0.25) is 0 Å². The molecule has 1 heterocycles. The van der Waals surface area contributed by atoms with Crippen molar-refractivity contribution in [3.05, 3.63) is 0 Å². The number of ether oxygens (including phenoxy) is 1. The van der Waals surface area contributed by atoms with Crippen molar-refractivity contribution in [3.63, 3.8) is 0 Å². The van der Waals surface area contributed by atoms with Gasteiger partial charge in [-0.15, -0.1) is 0 Å². The van der Waals surface area contributed by atoms with Crippen molar-refractivity contribution >= 4 is 0 Å². The first kappa shape index (κ1) is 11.0. The zero-order valence-corrected chi connectivity index (χ0v) is 8.46. The fourth-order valence-electron chi connectivity index (χ4n) is 1.61. The van der Waals surface area contributed by atoms with Crippen molar-refractivity contribution in [1.29, 1.82) is 0 Å². The molecule has 0 radical (unpaired) electrons. The molecule has 0 bridgehead atoms. The average molecular weight is 187 g/mol. The highest BCUT2D eigenvalue weighted by molar-refractivity contribution is 4.69. The summed E-state index contributed by atoms with van der Waals surface area (Å²) in [6, 6.07) is 0.641. The van der Waals surface area contributed by atoms with Crippen LogP contribution in [-0.2, 0) is 4.74 Å². The molecule has 1 fully saturated rings. The summed E-state index contributed by atoms with van der Waals surface area (Å²) in [5.41, 5.74) is 0. The maximum atomic E-state index is 9.04. The zero-order chi connectivity index (χ0) is 9.52. The summed E-state index contributed by atoms with van der Waals surface area (Å²) in [5, 5.41) is 12.5. The first-order valence-corrected chi connectivity index (χ1v) is 5.28. The monoisotopic (exact) mass is 187 g/mol. The molecule has 0 spiro atoms. The summed E-state index contributed by atoms with van der Waals surface area (Å²) in [5.74, 6) is 0. The van der Waals surface area contributed by atoms with Crippen LogP contribution in [0.25, 0.3) is 0 Å². The lowest BCUT2D eigenvalue weighted by Crippen LogP contribution is -2.35. The summed E-state index contributed by atoms with van der Waals surface area (Å²) in [4.78, 5) is 0. The van der Waals surface area contributed by atoms with Gasteiger partial charge >= 0.3 is 0 Å². The van der Waals surface area contributed by atoms with Gasteiger partial charge in [-0.25, -0.2) is 0 Å². The molecular formula is C10H21NO2. The summed E-state index contributed by atoms with van der Waals surface area (Å²) in [6.45, 7) is 4.66. The zero-order valence-electron chi connectivity index (χ0n) is 8.46. The highest BCUT2D eigenvalue weighted by Gasteiger charge is 2.11. The summed E-state index contributed by atoms with van der Waals surface area (Å²) in [7, 11) is 0. The van der Waals surface area contributed by atoms with Gasteiger partial charge < -0.3 is 15.2 Å². The molecule has 0 aromatic rings. The maximum Gasteiger partial charge on any atom is 0.0512 e. The van der Waals surface area contributed by atoms with Crippen LogP contribution >= 0.6 is 0 Å². The highest BCUT2D eigenvalue weighted by atomic mass is 16.5. The van der Waals surface area contributed by atoms with Crippen LogP contribution in [0.15, 0.2) is 0 Å². The van der Waals surface area contributed by atoms with E-state index in [-0.39, 0.29) is 6.10 Å². The van der Waals surface area contributed by atoms with Crippen LogP contribution < -0.4 is 5.32 Å². The topological polar surface area (TPSA) is 41.5 Å². The third kappa shape index (κ3) is 5.24. The van der Waals surface area contributed by atoms with Gasteiger partial charge in [0.15, 0.2) is 0 Å². The van der Waals surface area contributed by atoms with Gasteiger partial charge in [0.1, 0.15) is 0 Å². The van der Waals surface area contributed by atoms with Crippen LogP contribution in [0.5, 0.6) is 0 Å². The molecule has 0 aliphatic carbocycles. The van der Waals surface area contributed by atoms with Gasteiger partial charge in [0.25, 0.3) is 0 Å². The van der Waals surface area contributed by atoms with Crippen molar-refractivity contribution in [2.24, 2.45) is 0 Å². The van der Waals surface area contributed by atoms with Crippen LogP contribution in [0.4, 0.5) is 0 Å². The second kappa shape index (κ2) is 6.35. The predicted octanol–water partition coefficient (Wildman–Crippen LogP) is 0.916. The lowest BCUT2D eigenvalue weighted by molar-refractivity contribution is 0.0776. The van der Waals surface area contributed by atoms with Crippen molar-refractivity contribution in [3.8, 4) is 0 Å².